The summed E-state index contributed by atoms with van der Waals surface area (Å²) in [7, 11) is 0. The summed E-state index contributed by atoms with van der Waals surface area (Å²) >= 11 is 6.01. The van der Waals surface area contributed by atoms with Crippen LogP contribution in [0.25, 0.3) is 0 Å². The number of alkyl carbamates (subject to hydrolysis) is 2. The number of nitrogens with one attached hydrogen (secondary N) is 2. The first kappa shape index (κ1) is 25.6. The molecule has 0 aliphatic carbocycles. The van der Waals surface area contributed by atoms with Crippen LogP contribution in [0.15, 0.2) is 24.3 Å². The molecule has 0 fully saturated rings. The number of esters is 1. The van der Waals surface area contributed by atoms with Crippen LogP contribution in [0.4, 0.5) is 9.59 Å². The van der Waals surface area contributed by atoms with Gasteiger partial charge in [0.15, 0.2) is 0 Å². The third-order valence-electron chi connectivity index (χ3n) is 3.77. The van der Waals surface area contributed by atoms with Gasteiger partial charge in [0.2, 0.25) is 0 Å². The molecule has 1 aromatic rings. The van der Waals surface area contributed by atoms with Crippen LogP contribution in [0.2, 0.25) is 5.02 Å². The van der Waals surface area contributed by atoms with Crippen LogP contribution in [0.5, 0.6) is 0 Å². The molecule has 1 aromatic carbocycles. The van der Waals surface area contributed by atoms with Crippen molar-refractivity contribution in [2.75, 3.05) is 13.2 Å². The number of benzene rings is 1. The average Bonchev–Trinajstić information content (AvgIpc) is 2.65. The quantitative estimate of drug-likeness (QED) is 0.320. The van der Waals surface area contributed by atoms with Crippen LogP contribution in [-0.2, 0) is 25.6 Å². The van der Waals surface area contributed by atoms with E-state index in [1.165, 1.54) is 0 Å². The summed E-state index contributed by atoms with van der Waals surface area (Å²) in [5.41, 5.74) is 0.0530. The van der Waals surface area contributed by atoms with Crippen molar-refractivity contribution in [3.8, 4) is 0 Å². The van der Waals surface area contributed by atoms with Crippen LogP contribution >= 0.6 is 11.6 Å². The molecule has 0 aromatic heterocycles. The molecule has 0 aliphatic heterocycles. The van der Waals surface area contributed by atoms with Crippen molar-refractivity contribution in [3.63, 3.8) is 0 Å². The van der Waals surface area contributed by atoms with E-state index in [4.69, 9.17) is 25.8 Å². The van der Waals surface area contributed by atoms with Gasteiger partial charge in [0.25, 0.3) is 0 Å². The number of carbonyl (C=O) groups excluding carboxylic acids is 3. The van der Waals surface area contributed by atoms with E-state index in [2.05, 4.69) is 10.6 Å². The van der Waals surface area contributed by atoms with Crippen molar-refractivity contribution < 1.29 is 28.6 Å². The van der Waals surface area contributed by atoms with E-state index >= 15 is 0 Å². The zero-order chi connectivity index (χ0) is 22.6. The molecule has 2 amide bonds. The van der Waals surface area contributed by atoms with Gasteiger partial charge in [-0.25, -0.2) is 14.4 Å². The highest BCUT2D eigenvalue weighted by molar-refractivity contribution is 6.31. The highest BCUT2D eigenvalue weighted by Gasteiger charge is 2.25. The minimum atomic E-state index is -0.813. The lowest BCUT2D eigenvalue weighted by Gasteiger charge is -2.22. The number of hydrogen-bond donors (Lipinski definition) is 2. The highest BCUT2D eigenvalue weighted by atomic mass is 35.5. The summed E-state index contributed by atoms with van der Waals surface area (Å²) in [6.07, 6.45) is 0.288. The number of halogens is 1. The fourth-order valence-corrected chi connectivity index (χ4v) is 2.61. The number of carbonyl (C=O) groups is 3. The van der Waals surface area contributed by atoms with E-state index in [1.807, 2.05) is 6.07 Å². The molecule has 0 spiro atoms. The van der Waals surface area contributed by atoms with Gasteiger partial charge in [0.1, 0.15) is 18.2 Å². The minimum absolute atomic E-state index is 0.0796. The molecule has 168 valence electrons. The largest absolute Gasteiger partial charge is 0.464 e. The van der Waals surface area contributed by atoms with E-state index in [-0.39, 0.29) is 13.2 Å². The zero-order valence-corrected chi connectivity index (χ0v) is 18.7. The van der Waals surface area contributed by atoms with Crippen LogP contribution in [0, 0.1) is 0 Å². The van der Waals surface area contributed by atoms with Crippen LogP contribution in [-0.4, -0.2) is 43.0 Å². The van der Waals surface area contributed by atoms with Crippen molar-refractivity contribution in [2.45, 2.75) is 65.2 Å². The monoisotopic (exact) mass is 442 g/mol. The second-order valence-electron chi connectivity index (χ2n) is 7.54. The summed E-state index contributed by atoms with van der Waals surface area (Å²) in [6, 6.07) is 6.31. The van der Waals surface area contributed by atoms with E-state index in [0.29, 0.717) is 30.8 Å². The molecule has 0 aliphatic rings. The lowest BCUT2D eigenvalue weighted by Crippen LogP contribution is -2.44. The van der Waals surface area contributed by atoms with Crippen molar-refractivity contribution in [3.05, 3.63) is 34.9 Å². The van der Waals surface area contributed by atoms with Crippen molar-refractivity contribution in [2.24, 2.45) is 0 Å². The molecule has 0 heterocycles. The molecular formula is C21H31ClN2O6. The van der Waals surface area contributed by atoms with Gasteiger partial charge in [-0.15, -0.1) is 0 Å². The standard InChI is InChI=1S/C21H31ClN2O6/c1-5-28-18(25)17(24-20(27)30-21(2,3)4)12-8-9-13-23-19(26)29-14-15-10-6-7-11-16(15)22/h6-7,10-11,17H,5,8-9,12-14H2,1-4H3,(H,23,26)(H,24,27)/t17-/m0/s1. The molecule has 0 bridgehead atoms. The van der Waals surface area contributed by atoms with Gasteiger partial charge in [-0.05, 0) is 53.0 Å². The van der Waals surface area contributed by atoms with Crippen LogP contribution in [0.1, 0.15) is 52.5 Å². The molecule has 9 heteroatoms. The Bertz CT molecular complexity index is 705. The lowest BCUT2D eigenvalue weighted by molar-refractivity contribution is -0.145. The second kappa shape index (κ2) is 13.0. The number of amides is 2. The predicted molar refractivity (Wildman–Crippen MR) is 113 cm³/mol. The number of hydrogen-bond acceptors (Lipinski definition) is 6. The maximum absolute atomic E-state index is 12.1. The summed E-state index contributed by atoms with van der Waals surface area (Å²) in [6.45, 7) is 7.57. The van der Waals surface area contributed by atoms with E-state index in [1.54, 1.807) is 45.9 Å². The Labute approximate surface area is 182 Å². The van der Waals surface area contributed by atoms with Crippen molar-refractivity contribution in [1.82, 2.24) is 10.6 Å². The van der Waals surface area contributed by atoms with Crippen molar-refractivity contribution in [1.29, 1.82) is 0 Å². The number of ether oxygens (including phenoxy) is 3. The lowest BCUT2D eigenvalue weighted by atomic mass is 10.1. The first-order chi connectivity index (χ1) is 14.1. The maximum atomic E-state index is 12.1. The summed E-state index contributed by atoms with van der Waals surface area (Å²) in [4.78, 5) is 35.8. The Hall–Kier alpha value is -2.48. The fourth-order valence-electron chi connectivity index (χ4n) is 2.42. The molecular weight excluding hydrogens is 412 g/mol. The Kier molecular flexibility index (Phi) is 11.0. The van der Waals surface area contributed by atoms with Gasteiger partial charge in [0.05, 0.1) is 6.61 Å². The zero-order valence-electron chi connectivity index (χ0n) is 18.0. The SMILES string of the molecule is CCOC(=O)[C@H](CCCCNC(=O)OCc1ccccc1Cl)NC(=O)OC(C)(C)C. The topological polar surface area (TPSA) is 103 Å². The third-order valence-corrected chi connectivity index (χ3v) is 4.14. The van der Waals surface area contributed by atoms with Crippen LogP contribution < -0.4 is 10.6 Å². The van der Waals surface area contributed by atoms with Gasteiger partial charge < -0.3 is 24.8 Å². The fraction of sp³-hybridized carbons (Fsp3) is 0.571. The molecule has 0 radical (unpaired) electrons. The maximum Gasteiger partial charge on any atom is 0.408 e. The second-order valence-corrected chi connectivity index (χ2v) is 7.95. The smallest absolute Gasteiger partial charge is 0.408 e. The molecule has 0 unspecified atom stereocenters. The summed E-state index contributed by atoms with van der Waals surface area (Å²) in [5, 5.41) is 5.72. The molecule has 0 saturated carbocycles. The normalized spacial score (nSPS) is 11.9. The first-order valence-electron chi connectivity index (χ1n) is 9.92. The van der Waals surface area contributed by atoms with Gasteiger partial charge in [-0.1, -0.05) is 29.8 Å². The minimum Gasteiger partial charge on any atom is -0.464 e. The third kappa shape index (κ3) is 10.9. The van der Waals surface area contributed by atoms with Crippen molar-refractivity contribution >= 4 is 29.8 Å². The Morgan fingerprint density at radius 1 is 1.07 bits per heavy atom. The summed E-state index contributed by atoms with van der Waals surface area (Å²) < 4.78 is 15.3. The molecule has 1 rings (SSSR count). The highest BCUT2D eigenvalue weighted by Crippen LogP contribution is 2.15. The summed E-state index contributed by atoms with van der Waals surface area (Å²) in [5.74, 6) is -0.518. The van der Waals surface area contributed by atoms with Gasteiger partial charge in [0, 0.05) is 17.1 Å². The van der Waals surface area contributed by atoms with E-state index < -0.39 is 29.8 Å². The molecule has 30 heavy (non-hydrogen) atoms. The van der Waals surface area contributed by atoms with Gasteiger partial charge in [-0.3, -0.25) is 0 Å². The molecule has 2 N–H and O–H groups in total. The first-order valence-corrected chi connectivity index (χ1v) is 10.3. The van der Waals surface area contributed by atoms with E-state index in [9.17, 15) is 14.4 Å². The van der Waals surface area contributed by atoms with Gasteiger partial charge >= 0.3 is 18.2 Å². The Morgan fingerprint density at radius 3 is 2.40 bits per heavy atom. The number of rotatable bonds is 10. The Morgan fingerprint density at radius 2 is 1.77 bits per heavy atom. The van der Waals surface area contributed by atoms with Gasteiger partial charge in [-0.2, -0.15) is 0 Å². The van der Waals surface area contributed by atoms with Crippen LogP contribution in [0.3, 0.4) is 0 Å². The average molecular weight is 443 g/mol. The molecule has 8 nitrogen and oxygen atoms in total. The Balaban J connectivity index is 2.34. The van der Waals surface area contributed by atoms with E-state index in [0.717, 1.165) is 5.56 Å². The predicted octanol–water partition coefficient (Wildman–Crippen LogP) is 4.19. The number of unbranched alkanes of at least 4 members (excludes halogenated alkanes) is 1. The molecule has 1 atom stereocenters. The molecule has 0 saturated heterocycles.